The van der Waals surface area contributed by atoms with Crippen LogP contribution in [-0.4, -0.2) is 30.7 Å². The second kappa shape index (κ2) is 9.11. The zero-order valence-electron chi connectivity index (χ0n) is 18.1. The standard InChI is InChI=1S/C24H23N3O5S/c1-30-17-7-3-2-5-15(17)12-25-23(29)16-6-4-8-20-21(16)26-24(33-20)27-22(28)14-9-10-18-19(11-14)32-13-31-18/h2-3,5,7,9-11,16H,4,6,8,12-13H2,1H3,(H,25,29)(H,26,27,28). The molecule has 1 atom stereocenters. The third kappa shape index (κ3) is 4.36. The Labute approximate surface area is 194 Å². The molecule has 2 amide bonds. The summed E-state index contributed by atoms with van der Waals surface area (Å²) in [5, 5.41) is 6.37. The molecule has 3 aromatic rings. The molecule has 2 aromatic carbocycles. The third-order valence-corrected chi connectivity index (χ3v) is 6.82. The largest absolute Gasteiger partial charge is 0.496 e. The molecule has 0 spiro atoms. The Bertz CT molecular complexity index is 1210. The first-order valence-corrected chi connectivity index (χ1v) is 11.5. The number of nitrogens with zero attached hydrogens (tertiary/aromatic N) is 1. The number of anilines is 1. The van der Waals surface area contributed by atoms with Gasteiger partial charge in [0.15, 0.2) is 16.6 Å². The predicted molar refractivity (Wildman–Crippen MR) is 123 cm³/mol. The van der Waals surface area contributed by atoms with E-state index in [4.69, 9.17) is 14.2 Å². The van der Waals surface area contributed by atoms with E-state index in [9.17, 15) is 9.59 Å². The summed E-state index contributed by atoms with van der Waals surface area (Å²) in [5.41, 5.74) is 2.13. The van der Waals surface area contributed by atoms with Gasteiger partial charge in [-0.05, 0) is 43.5 Å². The summed E-state index contributed by atoms with van der Waals surface area (Å²) >= 11 is 1.43. The number of carbonyl (C=O) groups excluding carboxylic acids is 2. The van der Waals surface area contributed by atoms with Gasteiger partial charge in [0.1, 0.15) is 5.75 Å². The maximum Gasteiger partial charge on any atom is 0.257 e. The average Bonchev–Trinajstić information content (AvgIpc) is 3.48. The quantitative estimate of drug-likeness (QED) is 0.574. The van der Waals surface area contributed by atoms with Crippen LogP contribution in [0.15, 0.2) is 42.5 Å². The number of para-hydroxylation sites is 1. The molecular formula is C24H23N3O5S. The van der Waals surface area contributed by atoms with Gasteiger partial charge in [-0.15, -0.1) is 11.3 Å². The maximum atomic E-state index is 13.0. The summed E-state index contributed by atoms with van der Waals surface area (Å²) in [5.74, 6) is 1.23. The van der Waals surface area contributed by atoms with Crippen LogP contribution in [0.5, 0.6) is 17.2 Å². The van der Waals surface area contributed by atoms with E-state index < -0.39 is 0 Å². The molecule has 2 heterocycles. The molecule has 2 N–H and O–H groups in total. The highest BCUT2D eigenvalue weighted by Crippen LogP contribution is 2.37. The van der Waals surface area contributed by atoms with Crippen LogP contribution < -0.4 is 24.8 Å². The van der Waals surface area contributed by atoms with E-state index in [1.54, 1.807) is 25.3 Å². The molecular weight excluding hydrogens is 442 g/mol. The van der Waals surface area contributed by atoms with Crippen LogP contribution in [-0.2, 0) is 17.8 Å². The first-order valence-electron chi connectivity index (χ1n) is 10.7. The number of benzene rings is 2. The Hall–Kier alpha value is -3.59. The van der Waals surface area contributed by atoms with Gasteiger partial charge in [-0.2, -0.15) is 0 Å². The Balaban J connectivity index is 1.28. The number of hydrogen-bond acceptors (Lipinski definition) is 7. The summed E-state index contributed by atoms with van der Waals surface area (Å²) in [6, 6.07) is 12.7. The van der Waals surface area contributed by atoms with Crippen LogP contribution >= 0.6 is 11.3 Å². The smallest absolute Gasteiger partial charge is 0.257 e. The van der Waals surface area contributed by atoms with Gasteiger partial charge in [0.2, 0.25) is 12.7 Å². The van der Waals surface area contributed by atoms with E-state index in [0.717, 1.165) is 41.1 Å². The summed E-state index contributed by atoms with van der Waals surface area (Å²) in [6.07, 6.45) is 2.48. The molecule has 1 aliphatic heterocycles. The fourth-order valence-corrected chi connectivity index (χ4v) is 5.15. The number of aromatic nitrogens is 1. The molecule has 0 bridgehead atoms. The molecule has 5 rings (SSSR count). The van der Waals surface area contributed by atoms with Gasteiger partial charge in [0.05, 0.1) is 18.7 Å². The zero-order chi connectivity index (χ0) is 22.8. The van der Waals surface area contributed by atoms with Crippen LogP contribution in [0.1, 0.15) is 45.3 Å². The van der Waals surface area contributed by atoms with E-state index in [-0.39, 0.29) is 24.5 Å². The monoisotopic (exact) mass is 465 g/mol. The van der Waals surface area contributed by atoms with Crippen LogP contribution in [0.3, 0.4) is 0 Å². The number of aryl methyl sites for hydroxylation is 1. The number of rotatable bonds is 6. The summed E-state index contributed by atoms with van der Waals surface area (Å²) in [6.45, 7) is 0.534. The Morgan fingerprint density at radius 3 is 2.91 bits per heavy atom. The number of amides is 2. The Kier molecular flexibility index (Phi) is 5.87. The number of methoxy groups -OCH3 is 1. The van der Waals surface area contributed by atoms with Crippen molar-refractivity contribution < 1.29 is 23.8 Å². The van der Waals surface area contributed by atoms with Crippen LogP contribution in [0.4, 0.5) is 5.13 Å². The van der Waals surface area contributed by atoms with Crippen molar-refractivity contribution >= 4 is 28.3 Å². The molecule has 1 unspecified atom stereocenters. The van der Waals surface area contributed by atoms with E-state index in [1.165, 1.54) is 11.3 Å². The molecule has 1 aliphatic carbocycles. The molecule has 170 valence electrons. The molecule has 0 radical (unpaired) electrons. The van der Waals surface area contributed by atoms with E-state index in [2.05, 4.69) is 15.6 Å². The number of carbonyl (C=O) groups is 2. The van der Waals surface area contributed by atoms with Crippen LogP contribution in [0.2, 0.25) is 0 Å². The van der Waals surface area contributed by atoms with Crippen molar-refractivity contribution in [2.75, 3.05) is 19.2 Å². The van der Waals surface area contributed by atoms with Crippen molar-refractivity contribution in [1.82, 2.24) is 10.3 Å². The number of ether oxygens (including phenoxy) is 3. The lowest BCUT2D eigenvalue weighted by Crippen LogP contribution is -2.31. The molecule has 0 fully saturated rings. The number of hydrogen-bond donors (Lipinski definition) is 2. The molecule has 8 nitrogen and oxygen atoms in total. The molecule has 0 saturated heterocycles. The molecule has 2 aliphatic rings. The Morgan fingerprint density at radius 1 is 1.18 bits per heavy atom. The topological polar surface area (TPSA) is 98.8 Å². The lowest BCUT2D eigenvalue weighted by molar-refractivity contribution is -0.123. The summed E-state index contributed by atoms with van der Waals surface area (Å²) in [7, 11) is 1.61. The first-order chi connectivity index (χ1) is 16.1. The fraction of sp³-hybridized carbons (Fsp3) is 0.292. The van der Waals surface area contributed by atoms with Crippen molar-refractivity contribution in [2.45, 2.75) is 31.7 Å². The van der Waals surface area contributed by atoms with Crippen LogP contribution in [0.25, 0.3) is 0 Å². The normalized spacial score (nSPS) is 16.1. The highest BCUT2D eigenvalue weighted by atomic mass is 32.1. The number of fused-ring (bicyclic) bond motifs is 2. The highest BCUT2D eigenvalue weighted by molar-refractivity contribution is 7.16. The zero-order valence-corrected chi connectivity index (χ0v) is 18.9. The minimum atomic E-state index is -0.337. The molecule has 9 heteroatoms. The minimum Gasteiger partial charge on any atom is -0.496 e. The van der Waals surface area contributed by atoms with E-state index in [0.29, 0.717) is 28.7 Å². The fourth-order valence-electron chi connectivity index (χ4n) is 4.09. The molecule has 0 saturated carbocycles. The lowest BCUT2D eigenvalue weighted by Gasteiger charge is -2.20. The summed E-state index contributed by atoms with van der Waals surface area (Å²) < 4.78 is 16.0. The maximum absolute atomic E-state index is 13.0. The van der Waals surface area contributed by atoms with Gasteiger partial charge in [0, 0.05) is 22.5 Å². The molecule has 33 heavy (non-hydrogen) atoms. The van der Waals surface area contributed by atoms with Crippen molar-refractivity contribution in [3.05, 3.63) is 64.2 Å². The second-order valence-electron chi connectivity index (χ2n) is 7.82. The van der Waals surface area contributed by atoms with Crippen molar-refractivity contribution in [2.24, 2.45) is 0 Å². The van der Waals surface area contributed by atoms with Gasteiger partial charge in [-0.25, -0.2) is 4.98 Å². The van der Waals surface area contributed by atoms with Gasteiger partial charge >= 0.3 is 0 Å². The predicted octanol–water partition coefficient (Wildman–Crippen LogP) is 3.87. The Morgan fingerprint density at radius 2 is 2.03 bits per heavy atom. The lowest BCUT2D eigenvalue weighted by atomic mass is 9.90. The van der Waals surface area contributed by atoms with Crippen molar-refractivity contribution in [3.8, 4) is 17.2 Å². The second-order valence-corrected chi connectivity index (χ2v) is 8.91. The summed E-state index contributed by atoms with van der Waals surface area (Å²) in [4.78, 5) is 31.4. The molecule has 1 aromatic heterocycles. The van der Waals surface area contributed by atoms with Crippen molar-refractivity contribution in [1.29, 1.82) is 0 Å². The number of thiazole rings is 1. The van der Waals surface area contributed by atoms with Gasteiger partial charge < -0.3 is 19.5 Å². The van der Waals surface area contributed by atoms with Crippen molar-refractivity contribution in [3.63, 3.8) is 0 Å². The average molecular weight is 466 g/mol. The SMILES string of the molecule is COc1ccccc1CNC(=O)C1CCCc2sc(NC(=O)c3ccc4c(c3)OCO4)nc21. The van der Waals surface area contributed by atoms with E-state index in [1.807, 2.05) is 24.3 Å². The van der Waals surface area contributed by atoms with Gasteiger partial charge in [0.25, 0.3) is 5.91 Å². The van der Waals surface area contributed by atoms with Crippen LogP contribution in [0, 0.1) is 0 Å². The van der Waals surface area contributed by atoms with Gasteiger partial charge in [-0.3, -0.25) is 14.9 Å². The van der Waals surface area contributed by atoms with E-state index >= 15 is 0 Å². The third-order valence-electron chi connectivity index (χ3n) is 5.77. The minimum absolute atomic E-state index is 0.0687. The first kappa shape index (κ1) is 21.3. The van der Waals surface area contributed by atoms with Gasteiger partial charge in [-0.1, -0.05) is 18.2 Å². The highest BCUT2D eigenvalue weighted by Gasteiger charge is 2.30. The number of nitrogens with one attached hydrogen (secondary N) is 2.